The first kappa shape index (κ1) is 11.8. The summed E-state index contributed by atoms with van der Waals surface area (Å²) in [4.78, 5) is 4.28. The van der Waals surface area contributed by atoms with E-state index in [1.165, 1.54) is 0 Å². The summed E-state index contributed by atoms with van der Waals surface area (Å²) in [6.45, 7) is 6.84. The molecule has 1 atom stereocenters. The Balaban J connectivity index is 2.35. The van der Waals surface area contributed by atoms with Crippen LogP contribution in [0.25, 0.3) is 0 Å². The topological polar surface area (TPSA) is 56.7 Å². The van der Waals surface area contributed by atoms with Crippen molar-refractivity contribution in [3.8, 4) is 0 Å². The van der Waals surface area contributed by atoms with Crippen LogP contribution in [-0.2, 0) is 6.54 Å². The molecule has 0 aromatic carbocycles. The summed E-state index contributed by atoms with van der Waals surface area (Å²) in [6.07, 6.45) is 1.84. The van der Waals surface area contributed by atoms with Crippen LogP contribution in [0.4, 0.5) is 0 Å². The number of hydrogen-bond acceptors (Lipinski definition) is 3. The summed E-state index contributed by atoms with van der Waals surface area (Å²) in [6, 6.07) is 5.88. The third-order valence-corrected chi connectivity index (χ3v) is 2.84. The maximum absolute atomic E-state index is 6.26. The van der Waals surface area contributed by atoms with Crippen LogP contribution in [0.1, 0.15) is 35.6 Å². The molecule has 0 aliphatic heterocycles. The van der Waals surface area contributed by atoms with Crippen molar-refractivity contribution in [2.45, 2.75) is 33.4 Å². The second kappa shape index (κ2) is 4.67. The van der Waals surface area contributed by atoms with Gasteiger partial charge in [0.1, 0.15) is 0 Å². The summed E-state index contributed by atoms with van der Waals surface area (Å²) in [7, 11) is 0. The fourth-order valence-electron chi connectivity index (χ4n) is 1.90. The number of hydrogen-bond donors (Lipinski definition) is 1. The normalized spacial score (nSPS) is 12.7. The van der Waals surface area contributed by atoms with Crippen LogP contribution in [0.15, 0.2) is 24.4 Å². The average molecular weight is 230 g/mol. The van der Waals surface area contributed by atoms with Crippen molar-refractivity contribution in [3.05, 3.63) is 47.0 Å². The van der Waals surface area contributed by atoms with Gasteiger partial charge in [-0.1, -0.05) is 6.07 Å². The molecule has 0 bridgehead atoms. The number of aromatic nitrogens is 3. The molecule has 90 valence electrons. The van der Waals surface area contributed by atoms with Crippen molar-refractivity contribution in [1.82, 2.24) is 14.8 Å². The Hall–Kier alpha value is -1.68. The van der Waals surface area contributed by atoms with Gasteiger partial charge in [-0.2, -0.15) is 5.10 Å². The largest absolute Gasteiger partial charge is 0.319 e. The number of aryl methyl sites for hydroxylation is 3. The molecule has 2 aromatic heterocycles. The molecule has 2 rings (SSSR count). The van der Waals surface area contributed by atoms with E-state index in [0.717, 1.165) is 29.2 Å². The van der Waals surface area contributed by atoms with Gasteiger partial charge in [-0.3, -0.25) is 9.67 Å². The van der Waals surface area contributed by atoms with Gasteiger partial charge >= 0.3 is 0 Å². The lowest BCUT2D eigenvalue weighted by Gasteiger charge is -2.13. The van der Waals surface area contributed by atoms with E-state index in [1.54, 1.807) is 0 Å². The molecule has 2 aromatic rings. The van der Waals surface area contributed by atoms with Crippen molar-refractivity contribution in [2.24, 2.45) is 5.73 Å². The summed E-state index contributed by atoms with van der Waals surface area (Å²) < 4.78 is 1.94. The van der Waals surface area contributed by atoms with E-state index in [4.69, 9.17) is 5.73 Å². The van der Waals surface area contributed by atoms with E-state index in [-0.39, 0.29) is 6.04 Å². The summed E-state index contributed by atoms with van der Waals surface area (Å²) in [5.74, 6) is 0. The SMILES string of the molecule is CCn1nc(C)cc1C(N)c1ccc(C)nc1. The van der Waals surface area contributed by atoms with Gasteiger partial charge in [0, 0.05) is 18.4 Å². The highest BCUT2D eigenvalue weighted by atomic mass is 15.3. The molecule has 0 aliphatic carbocycles. The Morgan fingerprint density at radius 3 is 2.65 bits per heavy atom. The molecule has 0 saturated carbocycles. The average Bonchev–Trinajstić information content (AvgIpc) is 2.70. The zero-order chi connectivity index (χ0) is 12.4. The minimum absolute atomic E-state index is 0.163. The zero-order valence-corrected chi connectivity index (χ0v) is 10.5. The van der Waals surface area contributed by atoms with Crippen LogP contribution < -0.4 is 5.73 Å². The van der Waals surface area contributed by atoms with Crippen molar-refractivity contribution in [2.75, 3.05) is 0 Å². The minimum Gasteiger partial charge on any atom is -0.319 e. The van der Waals surface area contributed by atoms with Crippen molar-refractivity contribution in [1.29, 1.82) is 0 Å². The monoisotopic (exact) mass is 230 g/mol. The molecule has 0 fully saturated rings. The molecule has 2 N–H and O–H groups in total. The van der Waals surface area contributed by atoms with Gasteiger partial charge in [0.15, 0.2) is 0 Å². The predicted octanol–water partition coefficient (Wildman–Crippen LogP) is 1.96. The van der Waals surface area contributed by atoms with Gasteiger partial charge in [0.25, 0.3) is 0 Å². The summed E-state index contributed by atoms with van der Waals surface area (Å²) in [5, 5.41) is 4.41. The van der Waals surface area contributed by atoms with Crippen LogP contribution in [0.2, 0.25) is 0 Å². The number of nitrogens with two attached hydrogens (primary N) is 1. The lowest BCUT2D eigenvalue weighted by atomic mass is 10.1. The Morgan fingerprint density at radius 2 is 2.06 bits per heavy atom. The van der Waals surface area contributed by atoms with Gasteiger partial charge in [-0.25, -0.2) is 0 Å². The van der Waals surface area contributed by atoms with Gasteiger partial charge in [-0.15, -0.1) is 0 Å². The van der Waals surface area contributed by atoms with E-state index < -0.39 is 0 Å². The van der Waals surface area contributed by atoms with Crippen LogP contribution >= 0.6 is 0 Å². The van der Waals surface area contributed by atoms with Gasteiger partial charge < -0.3 is 5.73 Å². The molecule has 0 saturated heterocycles. The van der Waals surface area contributed by atoms with Gasteiger partial charge in [0.2, 0.25) is 0 Å². The van der Waals surface area contributed by atoms with E-state index in [1.807, 2.05) is 42.9 Å². The highest BCUT2D eigenvalue weighted by Gasteiger charge is 2.14. The first-order valence-electron chi connectivity index (χ1n) is 5.84. The molecule has 0 radical (unpaired) electrons. The number of pyridine rings is 1. The highest BCUT2D eigenvalue weighted by molar-refractivity contribution is 5.27. The molecule has 4 nitrogen and oxygen atoms in total. The first-order chi connectivity index (χ1) is 8.11. The maximum atomic E-state index is 6.26. The Bertz CT molecular complexity index is 499. The lowest BCUT2D eigenvalue weighted by Crippen LogP contribution is -2.17. The molecular formula is C13H18N4. The Kier molecular flexibility index (Phi) is 3.24. The number of rotatable bonds is 3. The highest BCUT2D eigenvalue weighted by Crippen LogP contribution is 2.19. The van der Waals surface area contributed by atoms with Crippen LogP contribution in [0, 0.1) is 13.8 Å². The minimum atomic E-state index is -0.163. The number of nitrogens with zero attached hydrogens (tertiary/aromatic N) is 3. The molecule has 0 spiro atoms. The van der Waals surface area contributed by atoms with Gasteiger partial charge in [-0.05, 0) is 38.5 Å². The molecule has 0 amide bonds. The summed E-state index contributed by atoms with van der Waals surface area (Å²) in [5.41, 5.74) is 10.3. The second-order valence-electron chi connectivity index (χ2n) is 4.24. The molecule has 0 aliphatic rings. The fourth-order valence-corrected chi connectivity index (χ4v) is 1.90. The molecule has 4 heteroatoms. The van der Waals surface area contributed by atoms with E-state index >= 15 is 0 Å². The molecule has 1 unspecified atom stereocenters. The Morgan fingerprint density at radius 1 is 1.29 bits per heavy atom. The molecular weight excluding hydrogens is 212 g/mol. The lowest BCUT2D eigenvalue weighted by molar-refractivity contribution is 0.597. The van der Waals surface area contributed by atoms with Crippen LogP contribution in [0.5, 0.6) is 0 Å². The van der Waals surface area contributed by atoms with Crippen LogP contribution in [0.3, 0.4) is 0 Å². The van der Waals surface area contributed by atoms with E-state index in [9.17, 15) is 0 Å². The van der Waals surface area contributed by atoms with E-state index in [2.05, 4.69) is 17.0 Å². The summed E-state index contributed by atoms with van der Waals surface area (Å²) >= 11 is 0. The molecule has 2 heterocycles. The third-order valence-electron chi connectivity index (χ3n) is 2.84. The van der Waals surface area contributed by atoms with Crippen molar-refractivity contribution in [3.63, 3.8) is 0 Å². The Labute approximate surface area is 101 Å². The first-order valence-corrected chi connectivity index (χ1v) is 5.84. The zero-order valence-electron chi connectivity index (χ0n) is 10.5. The smallest absolute Gasteiger partial charge is 0.0738 e. The third kappa shape index (κ3) is 2.36. The second-order valence-corrected chi connectivity index (χ2v) is 4.24. The predicted molar refractivity (Wildman–Crippen MR) is 67.6 cm³/mol. The van der Waals surface area contributed by atoms with E-state index in [0.29, 0.717) is 0 Å². The quantitative estimate of drug-likeness (QED) is 0.877. The van der Waals surface area contributed by atoms with Crippen LogP contribution in [-0.4, -0.2) is 14.8 Å². The van der Waals surface area contributed by atoms with Crippen molar-refractivity contribution >= 4 is 0 Å². The fraction of sp³-hybridized carbons (Fsp3) is 0.385. The maximum Gasteiger partial charge on any atom is 0.0738 e. The molecule has 17 heavy (non-hydrogen) atoms. The van der Waals surface area contributed by atoms with Gasteiger partial charge in [0.05, 0.1) is 17.4 Å². The van der Waals surface area contributed by atoms with Crippen molar-refractivity contribution < 1.29 is 0 Å². The standard InChI is InChI=1S/C13H18N4/c1-4-17-12(7-10(3)16-17)13(14)11-6-5-9(2)15-8-11/h5-8,13H,4,14H2,1-3H3.